The van der Waals surface area contributed by atoms with E-state index in [0.29, 0.717) is 19.2 Å². The van der Waals surface area contributed by atoms with Crippen LogP contribution in [0.2, 0.25) is 0 Å². The molecule has 3 rings (SSSR count). The van der Waals surface area contributed by atoms with Crippen LogP contribution in [0.1, 0.15) is 18.9 Å². The number of halogens is 2. The smallest absolute Gasteiger partial charge is 0.243 e. The van der Waals surface area contributed by atoms with Crippen molar-refractivity contribution in [2.75, 3.05) is 38.0 Å². The Labute approximate surface area is 175 Å². The van der Waals surface area contributed by atoms with E-state index < -0.39 is 27.6 Å². The maximum absolute atomic E-state index is 13.7. The number of anilines is 1. The van der Waals surface area contributed by atoms with E-state index in [9.17, 15) is 22.0 Å². The molecule has 30 heavy (non-hydrogen) atoms. The number of piperazine rings is 1. The van der Waals surface area contributed by atoms with Gasteiger partial charge in [0.2, 0.25) is 15.9 Å². The first-order chi connectivity index (χ1) is 14.3. The summed E-state index contributed by atoms with van der Waals surface area (Å²) < 4.78 is 53.7. The van der Waals surface area contributed by atoms with Crippen molar-refractivity contribution in [2.45, 2.75) is 24.7 Å². The summed E-state index contributed by atoms with van der Waals surface area (Å²) >= 11 is 0. The molecule has 0 atom stereocenters. The lowest BCUT2D eigenvalue weighted by molar-refractivity contribution is -0.117. The highest BCUT2D eigenvalue weighted by Gasteiger charge is 2.29. The first-order valence-corrected chi connectivity index (χ1v) is 11.3. The van der Waals surface area contributed by atoms with E-state index in [1.807, 2.05) is 12.1 Å². The van der Waals surface area contributed by atoms with Gasteiger partial charge in [-0.2, -0.15) is 4.31 Å². The zero-order valence-corrected chi connectivity index (χ0v) is 17.6. The monoisotopic (exact) mass is 437 g/mol. The summed E-state index contributed by atoms with van der Waals surface area (Å²) in [6.07, 6.45) is 1.90. The predicted octanol–water partition coefficient (Wildman–Crippen LogP) is 2.86. The third kappa shape index (κ3) is 5.41. The first-order valence-electron chi connectivity index (χ1n) is 9.86. The summed E-state index contributed by atoms with van der Waals surface area (Å²) in [6.45, 7) is 3.35. The van der Waals surface area contributed by atoms with Gasteiger partial charge in [-0.1, -0.05) is 25.5 Å². The molecule has 9 heteroatoms. The van der Waals surface area contributed by atoms with Crippen molar-refractivity contribution in [3.05, 3.63) is 59.7 Å². The van der Waals surface area contributed by atoms with Gasteiger partial charge < -0.3 is 5.32 Å². The van der Waals surface area contributed by atoms with Gasteiger partial charge in [0, 0.05) is 32.2 Å². The van der Waals surface area contributed by atoms with Gasteiger partial charge in [-0.05, 0) is 36.2 Å². The van der Waals surface area contributed by atoms with Crippen molar-refractivity contribution < 1.29 is 22.0 Å². The summed E-state index contributed by atoms with van der Waals surface area (Å²) in [7, 11) is -3.58. The van der Waals surface area contributed by atoms with Crippen molar-refractivity contribution in [1.29, 1.82) is 0 Å². The number of aryl methyl sites for hydroxylation is 1. The van der Waals surface area contributed by atoms with Gasteiger partial charge in [-0.25, -0.2) is 17.2 Å². The largest absolute Gasteiger partial charge is 0.322 e. The summed E-state index contributed by atoms with van der Waals surface area (Å²) in [5, 5.41) is 2.41. The van der Waals surface area contributed by atoms with E-state index >= 15 is 0 Å². The lowest BCUT2D eigenvalue weighted by Gasteiger charge is -2.33. The molecule has 1 fully saturated rings. The van der Waals surface area contributed by atoms with Crippen LogP contribution in [0.25, 0.3) is 0 Å². The second kappa shape index (κ2) is 9.63. The molecule has 1 amide bonds. The number of hydrogen-bond acceptors (Lipinski definition) is 4. The lowest BCUT2D eigenvalue weighted by Crippen LogP contribution is -2.50. The minimum Gasteiger partial charge on any atom is -0.322 e. The Morgan fingerprint density at radius 3 is 2.30 bits per heavy atom. The molecule has 2 aromatic carbocycles. The zero-order chi connectivity index (χ0) is 21.7. The van der Waals surface area contributed by atoms with Crippen molar-refractivity contribution in [1.82, 2.24) is 9.21 Å². The zero-order valence-electron chi connectivity index (χ0n) is 16.8. The molecule has 0 aromatic heterocycles. The molecule has 1 aliphatic heterocycles. The Bertz CT molecular complexity index is 989. The van der Waals surface area contributed by atoms with Crippen molar-refractivity contribution in [3.63, 3.8) is 0 Å². The van der Waals surface area contributed by atoms with E-state index in [-0.39, 0.29) is 30.2 Å². The standard InChI is InChI=1S/C21H25F2N3O3S/c1-2-3-16-4-7-18(8-5-16)30(28,29)26-12-10-25(11-13-26)15-21(27)24-20-9-6-17(22)14-19(20)23/h4-9,14H,2-3,10-13,15H2,1H3,(H,24,27). The number of rotatable bonds is 7. The molecule has 1 aliphatic rings. The normalized spacial score (nSPS) is 15.8. The van der Waals surface area contributed by atoms with E-state index in [4.69, 9.17) is 0 Å². The molecular weight excluding hydrogens is 412 g/mol. The number of hydrogen-bond donors (Lipinski definition) is 1. The average molecular weight is 438 g/mol. The number of nitrogens with zero attached hydrogens (tertiary/aromatic N) is 2. The molecule has 0 saturated carbocycles. The Kier molecular flexibility index (Phi) is 7.17. The van der Waals surface area contributed by atoms with Crippen LogP contribution in [0.4, 0.5) is 14.5 Å². The number of carbonyl (C=O) groups is 1. The molecule has 0 spiro atoms. The van der Waals surface area contributed by atoms with E-state index in [1.165, 1.54) is 10.4 Å². The Morgan fingerprint density at radius 1 is 1.03 bits per heavy atom. The summed E-state index contributed by atoms with van der Waals surface area (Å²) in [5.41, 5.74) is 1.01. The summed E-state index contributed by atoms with van der Waals surface area (Å²) in [4.78, 5) is 14.2. The minimum absolute atomic E-state index is 0.00355. The Morgan fingerprint density at radius 2 is 1.70 bits per heavy atom. The molecule has 0 bridgehead atoms. The Hall–Kier alpha value is -2.36. The van der Waals surface area contributed by atoms with E-state index in [1.54, 1.807) is 17.0 Å². The molecule has 0 aliphatic carbocycles. The molecule has 6 nitrogen and oxygen atoms in total. The van der Waals surface area contributed by atoms with Gasteiger partial charge >= 0.3 is 0 Å². The Balaban J connectivity index is 1.54. The van der Waals surface area contributed by atoms with Gasteiger partial charge in [0.25, 0.3) is 0 Å². The summed E-state index contributed by atoms with van der Waals surface area (Å²) in [6, 6.07) is 9.88. The maximum atomic E-state index is 13.7. The maximum Gasteiger partial charge on any atom is 0.243 e. The third-order valence-corrected chi connectivity index (χ3v) is 6.92. The lowest BCUT2D eigenvalue weighted by atomic mass is 10.1. The predicted molar refractivity (Wildman–Crippen MR) is 111 cm³/mol. The number of benzene rings is 2. The molecule has 1 heterocycles. The number of sulfonamides is 1. The van der Waals surface area contributed by atoms with Crippen LogP contribution in [0.5, 0.6) is 0 Å². The molecule has 2 aromatic rings. The number of amides is 1. The minimum atomic E-state index is -3.58. The summed E-state index contributed by atoms with van der Waals surface area (Å²) in [5.74, 6) is -2.00. The molecule has 0 unspecified atom stereocenters. The topological polar surface area (TPSA) is 69.7 Å². The molecule has 1 N–H and O–H groups in total. The molecule has 1 saturated heterocycles. The fraction of sp³-hybridized carbons (Fsp3) is 0.381. The fourth-order valence-electron chi connectivity index (χ4n) is 3.38. The first kappa shape index (κ1) is 22.3. The van der Waals surface area contributed by atoms with Gasteiger partial charge in [0.15, 0.2) is 0 Å². The van der Waals surface area contributed by atoms with Crippen molar-refractivity contribution >= 4 is 21.6 Å². The van der Waals surface area contributed by atoms with Gasteiger partial charge in [-0.3, -0.25) is 9.69 Å². The van der Waals surface area contributed by atoms with Gasteiger partial charge in [-0.15, -0.1) is 0 Å². The highest BCUT2D eigenvalue weighted by molar-refractivity contribution is 7.89. The molecular formula is C21H25F2N3O3S. The third-order valence-electron chi connectivity index (χ3n) is 5.00. The van der Waals surface area contributed by atoms with E-state index in [0.717, 1.165) is 24.5 Å². The van der Waals surface area contributed by atoms with Crippen molar-refractivity contribution in [2.24, 2.45) is 0 Å². The highest BCUT2D eigenvalue weighted by atomic mass is 32.2. The second-order valence-electron chi connectivity index (χ2n) is 7.25. The van der Waals surface area contributed by atoms with Gasteiger partial charge in [0.05, 0.1) is 17.1 Å². The van der Waals surface area contributed by atoms with Crippen LogP contribution in [-0.2, 0) is 21.2 Å². The number of nitrogens with one attached hydrogen (secondary N) is 1. The van der Waals surface area contributed by atoms with Gasteiger partial charge in [0.1, 0.15) is 11.6 Å². The molecule has 162 valence electrons. The SMILES string of the molecule is CCCc1ccc(S(=O)(=O)N2CCN(CC(=O)Nc3ccc(F)cc3F)CC2)cc1. The highest BCUT2D eigenvalue weighted by Crippen LogP contribution is 2.19. The van der Waals surface area contributed by atoms with Crippen molar-refractivity contribution in [3.8, 4) is 0 Å². The second-order valence-corrected chi connectivity index (χ2v) is 9.18. The molecule has 0 radical (unpaired) electrons. The van der Waals surface area contributed by atoms with Crippen LogP contribution in [0.15, 0.2) is 47.4 Å². The van der Waals surface area contributed by atoms with Crippen LogP contribution >= 0.6 is 0 Å². The fourth-order valence-corrected chi connectivity index (χ4v) is 4.80. The van der Waals surface area contributed by atoms with Crippen LogP contribution in [0, 0.1) is 11.6 Å². The average Bonchev–Trinajstić information content (AvgIpc) is 2.71. The van der Waals surface area contributed by atoms with Crippen LogP contribution in [-0.4, -0.2) is 56.3 Å². The van der Waals surface area contributed by atoms with Crippen LogP contribution < -0.4 is 5.32 Å². The number of carbonyl (C=O) groups excluding carboxylic acids is 1. The van der Waals surface area contributed by atoms with E-state index in [2.05, 4.69) is 12.2 Å². The quantitative estimate of drug-likeness (QED) is 0.723. The van der Waals surface area contributed by atoms with Crippen LogP contribution in [0.3, 0.4) is 0 Å².